The number of thioether (sulfide) groups is 1. The van der Waals surface area contributed by atoms with Gasteiger partial charge in [-0.2, -0.15) is 0 Å². The molecule has 0 spiro atoms. The Morgan fingerprint density at radius 2 is 1.86 bits per heavy atom. The van der Waals surface area contributed by atoms with E-state index in [2.05, 4.69) is 53.4 Å². The smallest absolute Gasteiger partial charge is 0.187 e. The normalized spacial score (nSPS) is 24.6. The molecule has 4 heteroatoms. The fourth-order valence-electron chi connectivity index (χ4n) is 3.11. The summed E-state index contributed by atoms with van der Waals surface area (Å²) in [4.78, 5) is 8.74. The van der Waals surface area contributed by atoms with Crippen LogP contribution >= 0.6 is 11.8 Å². The van der Waals surface area contributed by atoms with Crippen LogP contribution < -0.4 is 5.32 Å². The molecule has 2 aromatic rings. The van der Waals surface area contributed by atoms with Gasteiger partial charge in [0.1, 0.15) is 0 Å². The van der Waals surface area contributed by atoms with Crippen LogP contribution in [-0.4, -0.2) is 21.8 Å². The Bertz CT molecular complexity index is 588. The Balaban J connectivity index is 1.90. The Hall–Kier alpha value is -1.39. The summed E-state index contributed by atoms with van der Waals surface area (Å²) in [5.41, 5.74) is 2.92. The van der Waals surface area contributed by atoms with Crippen LogP contribution in [0.3, 0.4) is 0 Å². The zero-order chi connectivity index (χ0) is 14.7. The largest absolute Gasteiger partial charge is 0.309 e. The zero-order valence-corrected chi connectivity index (χ0v) is 13.3. The van der Waals surface area contributed by atoms with Crippen LogP contribution in [0.25, 0.3) is 0 Å². The van der Waals surface area contributed by atoms with Crippen molar-refractivity contribution in [1.82, 2.24) is 15.3 Å². The van der Waals surface area contributed by atoms with E-state index in [4.69, 9.17) is 0 Å². The molecule has 3 rings (SSSR count). The molecule has 3 atom stereocenters. The fourth-order valence-corrected chi connectivity index (χ4v) is 4.39. The van der Waals surface area contributed by atoms with Gasteiger partial charge < -0.3 is 5.32 Å². The van der Waals surface area contributed by atoms with Gasteiger partial charge in [-0.3, -0.25) is 0 Å². The van der Waals surface area contributed by atoms with Gasteiger partial charge in [-0.25, -0.2) is 9.97 Å². The van der Waals surface area contributed by atoms with Crippen molar-refractivity contribution < 1.29 is 0 Å². The molecular weight excluding hydrogens is 278 g/mol. The summed E-state index contributed by atoms with van der Waals surface area (Å²) < 4.78 is 0. The van der Waals surface area contributed by atoms with Crippen LogP contribution in [0.4, 0.5) is 0 Å². The van der Waals surface area contributed by atoms with E-state index < -0.39 is 0 Å². The predicted octanol–water partition coefficient (Wildman–Crippen LogP) is 3.80. The molecule has 0 bridgehead atoms. The quantitative estimate of drug-likeness (QED) is 0.872. The molecule has 1 aliphatic rings. The first-order valence-electron chi connectivity index (χ1n) is 7.55. The van der Waals surface area contributed by atoms with E-state index in [0.29, 0.717) is 17.2 Å². The van der Waals surface area contributed by atoms with Crippen molar-refractivity contribution in [1.29, 1.82) is 0 Å². The first-order valence-corrected chi connectivity index (χ1v) is 8.43. The molecule has 3 unspecified atom stereocenters. The molecule has 21 heavy (non-hydrogen) atoms. The van der Waals surface area contributed by atoms with Gasteiger partial charge in [-0.05, 0) is 36.1 Å². The topological polar surface area (TPSA) is 37.8 Å². The summed E-state index contributed by atoms with van der Waals surface area (Å²) in [6.07, 6.45) is 4.78. The SMILES string of the molecule is CCNC1c2ccccc2C(C)CC1Sc1ncccn1. The third-order valence-electron chi connectivity index (χ3n) is 4.04. The van der Waals surface area contributed by atoms with Crippen LogP contribution in [0.1, 0.15) is 43.4 Å². The van der Waals surface area contributed by atoms with Gasteiger partial charge in [0.15, 0.2) is 5.16 Å². The number of rotatable bonds is 4. The van der Waals surface area contributed by atoms with Gasteiger partial charge in [0, 0.05) is 23.7 Å². The van der Waals surface area contributed by atoms with Crippen LogP contribution in [-0.2, 0) is 0 Å². The summed E-state index contributed by atoms with van der Waals surface area (Å²) >= 11 is 1.80. The van der Waals surface area contributed by atoms with Gasteiger partial charge in [0.2, 0.25) is 0 Å². The van der Waals surface area contributed by atoms with Crippen LogP contribution in [0.5, 0.6) is 0 Å². The first-order chi connectivity index (χ1) is 10.3. The van der Waals surface area contributed by atoms with Crippen molar-refractivity contribution in [2.45, 2.75) is 42.6 Å². The monoisotopic (exact) mass is 299 g/mol. The highest BCUT2D eigenvalue weighted by atomic mass is 32.2. The Morgan fingerprint density at radius 3 is 2.57 bits per heavy atom. The lowest BCUT2D eigenvalue weighted by atomic mass is 9.80. The zero-order valence-electron chi connectivity index (χ0n) is 12.5. The van der Waals surface area contributed by atoms with Crippen molar-refractivity contribution in [2.24, 2.45) is 0 Å². The molecule has 0 saturated carbocycles. The van der Waals surface area contributed by atoms with Gasteiger partial charge in [0.05, 0.1) is 0 Å². The summed E-state index contributed by atoms with van der Waals surface area (Å²) in [5.74, 6) is 0.581. The van der Waals surface area contributed by atoms with Crippen molar-refractivity contribution >= 4 is 11.8 Å². The van der Waals surface area contributed by atoms with E-state index in [9.17, 15) is 0 Å². The average Bonchev–Trinajstić information content (AvgIpc) is 2.52. The second kappa shape index (κ2) is 6.58. The molecule has 0 amide bonds. The number of aromatic nitrogens is 2. The summed E-state index contributed by atoms with van der Waals surface area (Å²) in [5, 5.41) is 5.00. The fraction of sp³-hybridized carbons (Fsp3) is 0.412. The first kappa shape index (κ1) is 14.5. The van der Waals surface area contributed by atoms with Crippen molar-refractivity contribution in [3.05, 3.63) is 53.9 Å². The lowest BCUT2D eigenvalue weighted by molar-refractivity contribution is 0.453. The van der Waals surface area contributed by atoms with Crippen LogP contribution in [0.2, 0.25) is 0 Å². The number of fused-ring (bicyclic) bond motifs is 1. The maximum absolute atomic E-state index is 4.37. The summed E-state index contributed by atoms with van der Waals surface area (Å²) in [6, 6.07) is 11.1. The van der Waals surface area contributed by atoms with E-state index in [1.54, 1.807) is 11.8 Å². The second-order valence-electron chi connectivity index (χ2n) is 5.49. The number of nitrogens with one attached hydrogen (secondary N) is 1. The molecule has 1 heterocycles. The van der Waals surface area contributed by atoms with E-state index >= 15 is 0 Å². The highest BCUT2D eigenvalue weighted by molar-refractivity contribution is 7.99. The molecule has 0 radical (unpaired) electrons. The molecule has 110 valence electrons. The van der Waals surface area contributed by atoms with Crippen LogP contribution in [0.15, 0.2) is 47.9 Å². The highest BCUT2D eigenvalue weighted by Gasteiger charge is 2.33. The van der Waals surface area contributed by atoms with Crippen LogP contribution in [0, 0.1) is 0 Å². The minimum absolute atomic E-state index is 0.371. The third kappa shape index (κ3) is 3.11. The third-order valence-corrected chi connectivity index (χ3v) is 5.23. The summed E-state index contributed by atoms with van der Waals surface area (Å²) in [7, 11) is 0. The van der Waals surface area contributed by atoms with Gasteiger partial charge >= 0.3 is 0 Å². The maximum atomic E-state index is 4.37. The number of nitrogens with zero attached hydrogens (tertiary/aromatic N) is 2. The predicted molar refractivity (Wildman–Crippen MR) is 87.6 cm³/mol. The molecule has 1 aromatic heterocycles. The van der Waals surface area contributed by atoms with E-state index in [1.807, 2.05) is 18.5 Å². The van der Waals surface area contributed by atoms with Crippen molar-refractivity contribution in [3.8, 4) is 0 Å². The molecular formula is C17H21N3S. The minimum atomic E-state index is 0.371. The molecule has 0 saturated heterocycles. The molecule has 1 aromatic carbocycles. The molecule has 0 aliphatic heterocycles. The second-order valence-corrected chi connectivity index (χ2v) is 6.70. The van der Waals surface area contributed by atoms with E-state index in [0.717, 1.165) is 18.1 Å². The van der Waals surface area contributed by atoms with E-state index in [1.165, 1.54) is 11.1 Å². The maximum Gasteiger partial charge on any atom is 0.187 e. The lowest BCUT2D eigenvalue weighted by Gasteiger charge is -2.36. The Morgan fingerprint density at radius 1 is 1.14 bits per heavy atom. The van der Waals surface area contributed by atoms with E-state index in [-0.39, 0.29) is 0 Å². The van der Waals surface area contributed by atoms with Gasteiger partial charge in [-0.1, -0.05) is 49.9 Å². The Kier molecular flexibility index (Phi) is 4.56. The molecule has 0 fully saturated rings. The van der Waals surface area contributed by atoms with Gasteiger partial charge in [0.25, 0.3) is 0 Å². The summed E-state index contributed by atoms with van der Waals surface area (Å²) in [6.45, 7) is 5.46. The van der Waals surface area contributed by atoms with Gasteiger partial charge in [-0.15, -0.1) is 0 Å². The number of hydrogen-bond acceptors (Lipinski definition) is 4. The molecule has 3 nitrogen and oxygen atoms in total. The van der Waals surface area contributed by atoms with Crippen molar-refractivity contribution in [3.63, 3.8) is 0 Å². The highest BCUT2D eigenvalue weighted by Crippen LogP contribution is 2.43. The lowest BCUT2D eigenvalue weighted by Crippen LogP contribution is -2.35. The van der Waals surface area contributed by atoms with Crippen molar-refractivity contribution in [2.75, 3.05) is 6.54 Å². The number of benzene rings is 1. The Labute approximate surface area is 130 Å². The molecule has 1 aliphatic carbocycles. The minimum Gasteiger partial charge on any atom is -0.309 e. The molecule has 1 N–H and O–H groups in total. The number of hydrogen-bond donors (Lipinski definition) is 1. The average molecular weight is 299 g/mol. The standard InChI is InChI=1S/C17H21N3S/c1-3-18-16-14-8-5-4-7-13(14)12(2)11-15(16)21-17-19-9-6-10-20-17/h4-10,12,15-16,18H,3,11H2,1-2H3.